The predicted molar refractivity (Wildman–Crippen MR) is 78.2 cm³/mol. The Bertz CT molecular complexity index is 305. The van der Waals surface area contributed by atoms with Crippen molar-refractivity contribution in [2.75, 3.05) is 19.7 Å². The molecule has 110 valence electrons. The minimum atomic E-state index is 0.0454. The van der Waals surface area contributed by atoms with Gasteiger partial charge in [0, 0.05) is 17.6 Å². The van der Waals surface area contributed by atoms with Gasteiger partial charge in [-0.25, -0.2) is 0 Å². The summed E-state index contributed by atoms with van der Waals surface area (Å²) in [6, 6.07) is 1.42. The normalized spacial score (nSPS) is 41.4. The lowest BCUT2D eigenvalue weighted by Gasteiger charge is -2.32. The van der Waals surface area contributed by atoms with Crippen molar-refractivity contribution in [1.29, 1.82) is 0 Å². The summed E-state index contributed by atoms with van der Waals surface area (Å²) in [7, 11) is 0. The van der Waals surface area contributed by atoms with Gasteiger partial charge in [-0.05, 0) is 70.4 Å². The SMILES string of the molecule is CC1CCCN(C2CCC(CO)(NC3CC3)C2)CC1. The van der Waals surface area contributed by atoms with E-state index in [2.05, 4.69) is 17.1 Å². The second kappa shape index (κ2) is 5.71. The van der Waals surface area contributed by atoms with E-state index in [1.165, 1.54) is 51.6 Å². The van der Waals surface area contributed by atoms with Crippen LogP contribution < -0.4 is 5.32 Å². The molecule has 3 heteroatoms. The van der Waals surface area contributed by atoms with Crippen LogP contribution in [0.2, 0.25) is 0 Å². The Balaban J connectivity index is 1.57. The van der Waals surface area contributed by atoms with Crippen molar-refractivity contribution in [1.82, 2.24) is 10.2 Å². The number of hydrogen-bond donors (Lipinski definition) is 2. The van der Waals surface area contributed by atoms with Crippen LogP contribution in [0, 0.1) is 5.92 Å². The van der Waals surface area contributed by atoms with E-state index >= 15 is 0 Å². The van der Waals surface area contributed by atoms with Gasteiger partial charge in [-0.3, -0.25) is 0 Å². The highest BCUT2D eigenvalue weighted by Gasteiger charge is 2.43. The standard InChI is InChI=1S/C16H30N2O/c1-13-3-2-9-18(10-7-13)15-6-8-16(11-15,12-19)17-14-4-5-14/h13-15,17,19H,2-12H2,1H3. The fourth-order valence-corrected chi connectivity index (χ4v) is 4.04. The lowest BCUT2D eigenvalue weighted by molar-refractivity contribution is 0.141. The van der Waals surface area contributed by atoms with Crippen LogP contribution in [0.15, 0.2) is 0 Å². The fourth-order valence-electron chi connectivity index (χ4n) is 4.04. The molecular formula is C16H30N2O. The Morgan fingerprint density at radius 3 is 2.74 bits per heavy atom. The largest absolute Gasteiger partial charge is 0.394 e. The van der Waals surface area contributed by atoms with E-state index in [-0.39, 0.29) is 5.54 Å². The molecule has 0 spiro atoms. The Hall–Kier alpha value is -0.120. The molecule has 0 radical (unpaired) electrons. The lowest BCUT2D eigenvalue weighted by atomic mass is 9.98. The van der Waals surface area contributed by atoms with Crippen molar-refractivity contribution in [3.8, 4) is 0 Å². The molecule has 0 bridgehead atoms. The van der Waals surface area contributed by atoms with Gasteiger partial charge >= 0.3 is 0 Å². The molecule has 3 unspecified atom stereocenters. The zero-order chi connectivity index (χ0) is 13.3. The van der Waals surface area contributed by atoms with Crippen LogP contribution in [0.25, 0.3) is 0 Å². The Morgan fingerprint density at radius 1 is 1.16 bits per heavy atom. The maximum absolute atomic E-state index is 9.83. The molecule has 0 aromatic carbocycles. The van der Waals surface area contributed by atoms with Crippen molar-refractivity contribution >= 4 is 0 Å². The van der Waals surface area contributed by atoms with E-state index < -0.39 is 0 Å². The van der Waals surface area contributed by atoms with Gasteiger partial charge in [0.05, 0.1) is 6.61 Å². The highest BCUT2D eigenvalue weighted by Crippen LogP contribution is 2.37. The van der Waals surface area contributed by atoms with Crippen molar-refractivity contribution < 1.29 is 5.11 Å². The first kappa shape index (κ1) is 13.8. The number of rotatable bonds is 4. The van der Waals surface area contributed by atoms with E-state index in [9.17, 15) is 5.11 Å². The Kier molecular flexibility index (Phi) is 4.16. The minimum absolute atomic E-state index is 0.0454. The second-order valence-electron chi connectivity index (χ2n) is 7.33. The van der Waals surface area contributed by atoms with E-state index in [1.54, 1.807) is 0 Å². The molecule has 3 aliphatic rings. The van der Waals surface area contributed by atoms with E-state index in [4.69, 9.17) is 0 Å². The molecule has 0 amide bonds. The number of nitrogens with one attached hydrogen (secondary N) is 1. The van der Waals surface area contributed by atoms with Crippen LogP contribution in [0.1, 0.15) is 58.3 Å². The maximum Gasteiger partial charge on any atom is 0.0614 e. The average molecular weight is 266 g/mol. The van der Waals surface area contributed by atoms with Crippen LogP contribution in [0.4, 0.5) is 0 Å². The van der Waals surface area contributed by atoms with Gasteiger partial charge in [-0.15, -0.1) is 0 Å². The average Bonchev–Trinajstić information content (AvgIpc) is 3.15. The summed E-state index contributed by atoms with van der Waals surface area (Å²) in [5.41, 5.74) is 0.0454. The lowest BCUT2D eigenvalue weighted by Crippen LogP contribution is -2.49. The minimum Gasteiger partial charge on any atom is -0.394 e. The smallest absolute Gasteiger partial charge is 0.0614 e. The molecule has 2 N–H and O–H groups in total. The zero-order valence-electron chi connectivity index (χ0n) is 12.4. The van der Waals surface area contributed by atoms with Gasteiger partial charge in [0.25, 0.3) is 0 Å². The van der Waals surface area contributed by atoms with Gasteiger partial charge in [0.15, 0.2) is 0 Å². The van der Waals surface area contributed by atoms with Crippen molar-refractivity contribution in [3.63, 3.8) is 0 Å². The Labute approximate surface area is 117 Å². The topological polar surface area (TPSA) is 35.5 Å². The van der Waals surface area contributed by atoms with Gasteiger partial charge in [0.2, 0.25) is 0 Å². The van der Waals surface area contributed by atoms with Crippen molar-refractivity contribution in [3.05, 3.63) is 0 Å². The van der Waals surface area contributed by atoms with Crippen LogP contribution in [0.5, 0.6) is 0 Å². The van der Waals surface area contributed by atoms with Crippen molar-refractivity contribution in [2.45, 2.75) is 75.9 Å². The number of nitrogens with zero attached hydrogens (tertiary/aromatic N) is 1. The summed E-state index contributed by atoms with van der Waals surface area (Å²) in [5.74, 6) is 0.901. The third-order valence-corrected chi connectivity index (χ3v) is 5.54. The quantitative estimate of drug-likeness (QED) is 0.818. The summed E-state index contributed by atoms with van der Waals surface area (Å²) in [5, 5.41) is 13.6. The molecule has 3 rings (SSSR count). The zero-order valence-corrected chi connectivity index (χ0v) is 12.4. The van der Waals surface area contributed by atoms with E-state index in [0.717, 1.165) is 18.8 Å². The molecule has 3 nitrogen and oxygen atoms in total. The highest BCUT2D eigenvalue weighted by atomic mass is 16.3. The van der Waals surface area contributed by atoms with E-state index in [1.807, 2.05) is 0 Å². The van der Waals surface area contributed by atoms with Crippen LogP contribution in [-0.2, 0) is 0 Å². The monoisotopic (exact) mass is 266 g/mol. The number of hydrogen-bond acceptors (Lipinski definition) is 3. The fraction of sp³-hybridized carbons (Fsp3) is 1.00. The third-order valence-electron chi connectivity index (χ3n) is 5.54. The van der Waals surface area contributed by atoms with Crippen LogP contribution in [0.3, 0.4) is 0 Å². The maximum atomic E-state index is 9.83. The first-order valence-corrected chi connectivity index (χ1v) is 8.33. The summed E-state index contributed by atoms with van der Waals surface area (Å²) >= 11 is 0. The molecular weight excluding hydrogens is 236 g/mol. The van der Waals surface area contributed by atoms with Gasteiger partial charge < -0.3 is 15.3 Å². The molecule has 3 atom stereocenters. The van der Waals surface area contributed by atoms with Gasteiger partial charge in [-0.1, -0.05) is 6.92 Å². The summed E-state index contributed by atoms with van der Waals surface area (Å²) in [6.07, 6.45) is 10.3. The first-order chi connectivity index (χ1) is 9.21. The molecule has 1 heterocycles. The number of aliphatic hydroxyl groups is 1. The number of aliphatic hydroxyl groups excluding tert-OH is 1. The van der Waals surface area contributed by atoms with E-state index in [0.29, 0.717) is 18.7 Å². The summed E-state index contributed by atoms with van der Waals surface area (Å²) < 4.78 is 0. The predicted octanol–water partition coefficient (Wildman–Crippen LogP) is 2.14. The second-order valence-corrected chi connectivity index (χ2v) is 7.33. The molecule has 2 saturated carbocycles. The molecule has 1 saturated heterocycles. The highest BCUT2D eigenvalue weighted by molar-refractivity contribution is 5.03. The Morgan fingerprint density at radius 2 is 2.00 bits per heavy atom. The number of likely N-dealkylation sites (tertiary alicyclic amines) is 1. The summed E-state index contributed by atoms with van der Waals surface area (Å²) in [4.78, 5) is 2.72. The molecule has 3 fully saturated rings. The molecule has 1 aliphatic heterocycles. The van der Waals surface area contributed by atoms with Crippen molar-refractivity contribution in [2.24, 2.45) is 5.92 Å². The third kappa shape index (κ3) is 3.32. The van der Waals surface area contributed by atoms with Gasteiger partial charge in [-0.2, -0.15) is 0 Å². The van der Waals surface area contributed by atoms with Crippen LogP contribution in [-0.4, -0.2) is 47.3 Å². The molecule has 2 aliphatic carbocycles. The summed E-state index contributed by atoms with van der Waals surface area (Å²) in [6.45, 7) is 5.27. The molecule has 0 aromatic rings. The molecule has 0 aromatic heterocycles. The molecule has 19 heavy (non-hydrogen) atoms. The van der Waals surface area contributed by atoms with Gasteiger partial charge in [0.1, 0.15) is 0 Å². The van der Waals surface area contributed by atoms with Crippen LogP contribution >= 0.6 is 0 Å². The first-order valence-electron chi connectivity index (χ1n) is 8.33.